The van der Waals surface area contributed by atoms with Crippen LogP contribution in [0.3, 0.4) is 0 Å². The van der Waals surface area contributed by atoms with Crippen molar-refractivity contribution in [3.05, 3.63) is 33.8 Å². The number of halogens is 2. The molecule has 2 saturated carbocycles. The Morgan fingerprint density at radius 3 is 2.48 bits per heavy atom. The number of amides is 1. The monoisotopic (exact) mass is 326 g/mol. The molecule has 0 heterocycles. The second kappa shape index (κ2) is 5.45. The van der Waals surface area contributed by atoms with Crippen molar-refractivity contribution >= 4 is 29.1 Å². The zero-order chi connectivity index (χ0) is 15.2. The largest absolute Gasteiger partial charge is 0.349 e. The smallest absolute Gasteiger partial charge is 0.224 e. The second-order valence-electron chi connectivity index (χ2n) is 6.54. The highest BCUT2D eigenvalue weighted by atomic mass is 35.5. The molecule has 3 atom stereocenters. The molecule has 21 heavy (non-hydrogen) atoms. The summed E-state index contributed by atoms with van der Waals surface area (Å²) in [5, 5.41) is 4.40. The molecule has 1 amide bonds. The van der Waals surface area contributed by atoms with Gasteiger partial charge in [0.1, 0.15) is 0 Å². The third-order valence-corrected chi connectivity index (χ3v) is 5.19. The Bertz CT molecular complexity index is 553. The van der Waals surface area contributed by atoms with Crippen molar-refractivity contribution in [3.8, 4) is 0 Å². The molecule has 3 N–H and O–H groups in total. The predicted octanol–water partition coefficient (Wildman–Crippen LogP) is 3.34. The van der Waals surface area contributed by atoms with Crippen LogP contribution in [0.2, 0.25) is 10.0 Å². The van der Waals surface area contributed by atoms with Crippen molar-refractivity contribution in [2.75, 3.05) is 6.54 Å². The molecule has 0 radical (unpaired) electrons. The van der Waals surface area contributed by atoms with Gasteiger partial charge in [-0.2, -0.15) is 0 Å². The fourth-order valence-corrected chi connectivity index (χ4v) is 3.60. The lowest BCUT2D eigenvalue weighted by Gasteiger charge is -2.29. The van der Waals surface area contributed by atoms with Gasteiger partial charge >= 0.3 is 0 Å². The summed E-state index contributed by atoms with van der Waals surface area (Å²) in [5.74, 6) is 0.881. The Morgan fingerprint density at radius 2 is 1.95 bits per heavy atom. The van der Waals surface area contributed by atoms with Crippen LogP contribution in [-0.4, -0.2) is 18.0 Å². The highest BCUT2D eigenvalue weighted by Gasteiger charge is 2.48. The van der Waals surface area contributed by atoms with E-state index in [9.17, 15) is 4.79 Å². The summed E-state index contributed by atoms with van der Waals surface area (Å²) in [7, 11) is 0. The second-order valence-corrected chi connectivity index (χ2v) is 7.41. The molecule has 2 aliphatic carbocycles. The molecule has 0 aliphatic heterocycles. The van der Waals surface area contributed by atoms with Gasteiger partial charge in [0.2, 0.25) is 5.91 Å². The van der Waals surface area contributed by atoms with Gasteiger partial charge in [-0.15, -0.1) is 0 Å². The van der Waals surface area contributed by atoms with Gasteiger partial charge in [0.15, 0.2) is 0 Å². The topological polar surface area (TPSA) is 55.1 Å². The summed E-state index contributed by atoms with van der Waals surface area (Å²) in [5.41, 5.74) is 6.65. The number of hydrogen-bond acceptors (Lipinski definition) is 2. The third kappa shape index (κ3) is 3.20. The van der Waals surface area contributed by atoms with E-state index in [0.717, 1.165) is 24.8 Å². The molecule has 3 nitrogen and oxygen atoms in total. The van der Waals surface area contributed by atoms with E-state index in [4.69, 9.17) is 28.9 Å². The van der Waals surface area contributed by atoms with Gasteiger partial charge in [-0.05, 0) is 61.8 Å². The van der Waals surface area contributed by atoms with Gasteiger partial charge in [0, 0.05) is 22.5 Å². The fourth-order valence-electron chi connectivity index (χ4n) is 3.06. The lowest BCUT2D eigenvalue weighted by atomic mass is 9.95. The van der Waals surface area contributed by atoms with Gasteiger partial charge in [-0.1, -0.05) is 23.2 Å². The molecule has 0 saturated heterocycles. The van der Waals surface area contributed by atoms with Crippen LogP contribution in [0.25, 0.3) is 0 Å². The van der Waals surface area contributed by atoms with E-state index in [0.29, 0.717) is 22.5 Å². The maximum absolute atomic E-state index is 12.4. The molecular formula is C16H20Cl2N2O. The number of benzene rings is 1. The number of rotatable bonds is 5. The quantitative estimate of drug-likeness (QED) is 0.871. The predicted molar refractivity (Wildman–Crippen MR) is 85.6 cm³/mol. The van der Waals surface area contributed by atoms with Crippen LogP contribution in [0.5, 0.6) is 0 Å². The molecular weight excluding hydrogens is 307 g/mol. The van der Waals surface area contributed by atoms with E-state index < -0.39 is 0 Å². The molecule has 1 aromatic carbocycles. The van der Waals surface area contributed by atoms with Crippen LogP contribution in [0.4, 0.5) is 0 Å². The van der Waals surface area contributed by atoms with Gasteiger partial charge in [-0.25, -0.2) is 0 Å². The van der Waals surface area contributed by atoms with Crippen LogP contribution >= 0.6 is 23.2 Å². The molecule has 114 valence electrons. The minimum Gasteiger partial charge on any atom is -0.349 e. The van der Waals surface area contributed by atoms with Gasteiger partial charge in [-0.3, -0.25) is 4.79 Å². The first-order chi connectivity index (χ1) is 9.93. The zero-order valence-corrected chi connectivity index (χ0v) is 13.5. The van der Waals surface area contributed by atoms with Crippen molar-refractivity contribution in [2.24, 2.45) is 17.6 Å². The van der Waals surface area contributed by atoms with E-state index in [1.807, 2.05) is 12.1 Å². The molecule has 3 unspecified atom stereocenters. The van der Waals surface area contributed by atoms with E-state index in [2.05, 4.69) is 12.2 Å². The summed E-state index contributed by atoms with van der Waals surface area (Å²) in [4.78, 5) is 12.4. The molecule has 1 aromatic rings. The van der Waals surface area contributed by atoms with E-state index in [-0.39, 0.29) is 23.3 Å². The zero-order valence-electron chi connectivity index (χ0n) is 12.0. The number of hydrogen-bond donors (Lipinski definition) is 2. The first-order valence-electron chi connectivity index (χ1n) is 7.41. The van der Waals surface area contributed by atoms with Gasteiger partial charge in [0.05, 0.1) is 5.54 Å². The SMILES string of the molecule is CC(CN)(NC(=O)C1CC1c1cc(Cl)cc(Cl)c1)C1CC1. The fraction of sp³-hybridized carbons (Fsp3) is 0.562. The lowest BCUT2D eigenvalue weighted by molar-refractivity contribution is -0.124. The van der Waals surface area contributed by atoms with E-state index in [1.54, 1.807) is 6.07 Å². The molecule has 2 fully saturated rings. The van der Waals surface area contributed by atoms with Crippen molar-refractivity contribution in [1.82, 2.24) is 5.32 Å². The average Bonchev–Trinajstić information content (AvgIpc) is 3.28. The Morgan fingerprint density at radius 1 is 1.33 bits per heavy atom. The summed E-state index contributed by atoms with van der Waals surface area (Å²) in [6.07, 6.45) is 3.17. The van der Waals surface area contributed by atoms with Crippen molar-refractivity contribution in [3.63, 3.8) is 0 Å². The minimum absolute atomic E-state index is 0.0177. The maximum Gasteiger partial charge on any atom is 0.224 e. The van der Waals surface area contributed by atoms with Crippen LogP contribution in [-0.2, 0) is 4.79 Å². The molecule has 0 spiro atoms. The number of nitrogens with one attached hydrogen (secondary N) is 1. The lowest BCUT2D eigenvalue weighted by Crippen LogP contribution is -2.53. The number of nitrogens with two attached hydrogens (primary N) is 1. The Kier molecular flexibility index (Phi) is 3.93. The molecule has 5 heteroatoms. The Hall–Kier alpha value is -0.770. The summed E-state index contributed by atoms with van der Waals surface area (Å²) in [6.45, 7) is 2.54. The first kappa shape index (κ1) is 15.1. The summed E-state index contributed by atoms with van der Waals surface area (Å²) >= 11 is 12.1. The van der Waals surface area contributed by atoms with Gasteiger partial charge < -0.3 is 11.1 Å². The Balaban J connectivity index is 1.65. The van der Waals surface area contributed by atoms with Crippen LogP contribution < -0.4 is 11.1 Å². The standard InChI is InChI=1S/C16H20Cl2N2O/c1-16(8-19,10-2-3-10)20-15(21)14-7-13(14)9-4-11(17)6-12(18)5-9/h4-6,10,13-14H,2-3,7-8,19H2,1H3,(H,20,21). The first-order valence-corrected chi connectivity index (χ1v) is 8.16. The van der Waals surface area contributed by atoms with E-state index >= 15 is 0 Å². The maximum atomic E-state index is 12.4. The van der Waals surface area contributed by atoms with Crippen molar-refractivity contribution < 1.29 is 4.79 Å². The Labute approximate surface area is 135 Å². The molecule has 0 bridgehead atoms. The van der Waals surface area contributed by atoms with Crippen LogP contribution in [0.15, 0.2) is 18.2 Å². The highest BCUT2D eigenvalue weighted by molar-refractivity contribution is 6.34. The molecule has 3 rings (SSSR count). The van der Waals surface area contributed by atoms with Gasteiger partial charge in [0.25, 0.3) is 0 Å². The van der Waals surface area contributed by atoms with Crippen LogP contribution in [0.1, 0.15) is 37.7 Å². The van der Waals surface area contributed by atoms with Crippen molar-refractivity contribution in [2.45, 2.75) is 37.6 Å². The summed E-state index contributed by atoms with van der Waals surface area (Å²) < 4.78 is 0. The molecule has 2 aliphatic rings. The average molecular weight is 327 g/mol. The van der Waals surface area contributed by atoms with Crippen LogP contribution in [0, 0.1) is 11.8 Å². The van der Waals surface area contributed by atoms with E-state index in [1.165, 1.54) is 0 Å². The highest BCUT2D eigenvalue weighted by Crippen LogP contribution is 2.49. The number of carbonyl (C=O) groups excluding carboxylic acids is 1. The third-order valence-electron chi connectivity index (χ3n) is 4.75. The normalized spacial score (nSPS) is 27.0. The molecule has 0 aromatic heterocycles. The minimum atomic E-state index is -0.254. The van der Waals surface area contributed by atoms with Crippen molar-refractivity contribution in [1.29, 1.82) is 0 Å². The number of carbonyl (C=O) groups is 1. The summed E-state index contributed by atoms with van der Waals surface area (Å²) in [6, 6.07) is 5.51.